The number of aliphatic hydroxyl groups excluding tert-OH is 2. The fourth-order valence-electron chi connectivity index (χ4n) is 6.20. The van der Waals surface area contributed by atoms with E-state index in [1.54, 1.807) is 13.8 Å². The molecule has 15 heteroatoms. The number of halogens is 1. The van der Waals surface area contributed by atoms with Crippen LogP contribution in [0.5, 0.6) is 0 Å². The van der Waals surface area contributed by atoms with Crippen LogP contribution in [0.1, 0.15) is 58.8 Å². The molecule has 2 heterocycles. The molecule has 4 fully saturated rings. The topological polar surface area (TPSA) is 256 Å². The van der Waals surface area contributed by atoms with E-state index in [9.17, 15) is 24.8 Å². The van der Waals surface area contributed by atoms with Gasteiger partial charge in [-0.05, 0) is 51.9 Å². The van der Waals surface area contributed by atoms with Crippen molar-refractivity contribution in [1.29, 1.82) is 10.8 Å². The fourth-order valence-corrected chi connectivity index (χ4v) is 6.20. The molecule has 14 nitrogen and oxygen atoms in total. The summed E-state index contributed by atoms with van der Waals surface area (Å²) in [6.07, 6.45) is -4.83. The van der Waals surface area contributed by atoms with Crippen molar-refractivity contribution in [3.63, 3.8) is 0 Å². The third kappa shape index (κ3) is 7.29. The van der Waals surface area contributed by atoms with Crippen LogP contribution in [0.4, 0.5) is 4.39 Å². The van der Waals surface area contributed by atoms with Gasteiger partial charge in [0, 0.05) is 23.7 Å². The fraction of sp³-hybridized carbons (Fsp3) is 0.926. The van der Waals surface area contributed by atoms with Crippen molar-refractivity contribution in [2.24, 2.45) is 23.1 Å². The second-order valence-corrected chi connectivity index (χ2v) is 12.9. The average Bonchev–Trinajstić information content (AvgIpc) is 2.92. The van der Waals surface area contributed by atoms with Crippen LogP contribution in [0.25, 0.3) is 0 Å². The Labute approximate surface area is 245 Å². The van der Waals surface area contributed by atoms with Gasteiger partial charge in [-0.1, -0.05) is 6.92 Å². The molecule has 0 aromatic heterocycles. The third-order valence-electron chi connectivity index (χ3n) is 9.33. The zero-order valence-corrected chi connectivity index (χ0v) is 24.3. The van der Waals surface area contributed by atoms with Gasteiger partial charge in [0.05, 0.1) is 30.4 Å². The van der Waals surface area contributed by atoms with Gasteiger partial charge >= 0.3 is 0 Å². The van der Waals surface area contributed by atoms with Gasteiger partial charge < -0.3 is 67.3 Å². The molecule has 0 spiro atoms. The number of rotatable bonds is 10. The van der Waals surface area contributed by atoms with Gasteiger partial charge in [-0.25, -0.2) is 4.39 Å². The number of nitrogens with one attached hydrogen (secondary N) is 3. The minimum atomic E-state index is -1.43. The van der Waals surface area contributed by atoms with Crippen molar-refractivity contribution in [3.8, 4) is 0 Å². The summed E-state index contributed by atoms with van der Waals surface area (Å²) in [6.45, 7) is 2.28. The van der Waals surface area contributed by atoms with E-state index in [2.05, 4.69) is 5.32 Å². The zero-order valence-electron chi connectivity index (χ0n) is 24.3. The van der Waals surface area contributed by atoms with Crippen LogP contribution in [0.3, 0.4) is 0 Å². The highest BCUT2D eigenvalue weighted by Gasteiger charge is 2.52. The van der Waals surface area contributed by atoms with Gasteiger partial charge in [-0.3, -0.25) is 5.41 Å². The van der Waals surface area contributed by atoms with E-state index in [0.29, 0.717) is 19.3 Å². The van der Waals surface area contributed by atoms with E-state index in [1.807, 2.05) is 0 Å². The summed E-state index contributed by atoms with van der Waals surface area (Å²) in [5.74, 6) is -0.792. The number of nitrogens with two attached hydrogens (primary N) is 3. The molecular formula is C27H49FN6O8. The number of hydrogen-bond donors (Lipinski definition) is 10. The summed E-state index contributed by atoms with van der Waals surface area (Å²) < 4.78 is 36.8. The van der Waals surface area contributed by atoms with E-state index in [-0.39, 0.29) is 56.0 Å². The Bertz CT molecular complexity index is 958. The molecule has 42 heavy (non-hydrogen) atoms. The maximum Gasteiger partial charge on any atom is 0.184 e. The lowest BCUT2D eigenvalue weighted by Gasteiger charge is -2.50. The maximum absolute atomic E-state index is 12.7. The quantitative estimate of drug-likeness (QED) is 0.0993. The molecule has 2 saturated carbocycles. The Hall–Kier alpha value is -1.37. The summed E-state index contributed by atoms with van der Waals surface area (Å²) in [6, 6.07) is -2.30. The molecular weight excluding hydrogens is 555 g/mol. The van der Waals surface area contributed by atoms with E-state index < -0.39 is 78.9 Å². The second-order valence-electron chi connectivity index (χ2n) is 12.9. The van der Waals surface area contributed by atoms with Gasteiger partial charge in [0.1, 0.15) is 42.5 Å². The first-order valence-corrected chi connectivity index (χ1v) is 14.8. The van der Waals surface area contributed by atoms with Crippen molar-refractivity contribution in [2.75, 3.05) is 13.3 Å². The molecule has 4 rings (SSSR count). The Kier molecular flexibility index (Phi) is 10.6. The highest BCUT2D eigenvalue weighted by molar-refractivity contribution is 5.89. The predicted octanol–water partition coefficient (Wildman–Crippen LogP) is -1.66. The van der Waals surface area contributed by atoms with Crippen molar-refractivity contribution < 1.29 is 43.8 Å². The normalized spacial score (nSPS) is 47.9. The second kappa shape index (κ2) is 13.3. The molecule has 13 N–H and O–H groups in total. The lowest BCUT2D eigenvalue weighted by molar-refractivity contribution is -0.313. The number of alkyl halides is 1. The van der Waals surface area contributed by atoms with E-state index >= 15 is 0 Å². The number of ether oxygens (including phenoxy) is 4. The molecule has 6 unspecified atom stereocenters. The molecule has 4 aliphatic rings. The molecule has 2 aliphatic carbocycles. The van der Waals surface area contributed by atoms with Crippen molar-refractivity contribution in [2.45, 2.75) is 137 Å². The summed E-state index contributed by atoms with van der Waals surface area (Å²) in [5.41, 5.74) is 15.9. The van der Waals surface area contributed by atoms with Crippen LogP contribution in [0.2, 0.25) is 0 Å². The first kappa shape index (κ1) is 33.5. The lowest BCUT2D eigenvalue weighted by atomic mass is 9.74. The summed E-state index contributed by atoms with van der Waals surface area (Å²) in [5, 5.41) is 62.8. The van der Waals surface area contributed by atoms with E-state index in [0.717, 1.165) is 0 Å². The molecule has 2 saturated heterocycles. The van der Waals surface area contributed by atoms with Crippen LogP contribution in [0, 0.1) is 16.7 Å². The van der Waals surface area contributed by atoms with Gasteiger partial charge in [0.25, 0.3) is 0 Å². The Balaban J connectivity index is 1.49. The summed E-state index contributed by atoms with van der Waals surface area (Å²) in [7, 11) is 0. The highest BCUT2D eigenvalue weighted by Crippen LogP contribution is 2.36. The smallest absolute Gasteiger partial charge is 0.184 e. The Morgan fingerprint density at radius 1 is 1.02 bits per heavy atom. The van der Waals surface area contributed by atoms with Crippen LogP contribution < -0.4 is 22.5 Å². The molecule has 0 aromatic carbocycles. The first-order chi connectivity index (χ1) is 19.6. The predicted molar refractivity (Wildman–Crippen MR) is 149 cm³/mol. The summed E-state index contributed by atoms with van der Waals surface area (Å²) in [4.78, 5) is 0. The van der Waals surface area contributed by atoms with Crippen LogP contribution >= 0.6 is 0 Å². The maximum atomic E-state index is 12.7. The number of hydrogen-bond acceptors (Lipinski definition) is 13. The first-order valence-electron chi connectivity index (χ1n) is 14.8. The Morgan fingerprint density at radius 3 is 2.33 bits per heavy atom. The monoisotopic (exact) mass is 604 g/mol. The minimum Gasteiger partial charge on any atom is -0.388 e. The van der Waals surface area contributed by atoms with Gasteiger partial charge in [-0.15, -0.1) is 0 Å². The molecule has 2 aliphatic heterocycles. The highest BCUT2D eigenvalue weighted by atomic mass is 19.1. The van der Waals surface area contributed by atoms with Crippen molar-refractivity contribution >= 4 is 11.5 Å². The van der Waals surface area contributed by atoms with Crippen LogP contribution in [0.15, 0.2) is 0 Å². The largest absolute Gasteiger partial charge is 0.388 e. The van der Waals surface area contributed by atoms with Crippen LogP contribution in [-0.4, -0.2) is 124 Å². The van der Waals surface area contributed by atoms with E-state index in [1.165, 1.54) is 0 Å². The third-order valence-corrected chi connectivity index (χ3v) is 9.33. The van der Waals surface area contributed by atoms with Crippen molar-refractivity contribution in [3.05, 3.63) is 0 Å². The lowest BCUT2D eigenvalue weighted by Crippen LogP contribution is -2.69. The molecule has 0 aromatic rings. The number of amidine groups is 1. The van der Waals surface area contributed by atoms with Gasteiger partial charge in [0.2, 0.25) is 0 Å². The van der Waals surface area contributed by atoms with Crippen molar-refractivity contribution in [1.82, 2.24) is 5.32 Å². The zero-order chi connectivity index (χ0) is 31.0. The minimum absolute atomic E-state index is 0.0174. The summed E-state index contributed by atoms with van der Waals surface area (Å²) >= 11 is 0. The standard InChI is InChI=1S/C27H49FN6O8/c1-12-19(35)24(39-11-26(12,2)37)42-22-18(34-25(33)27(38)8-14(30)9-27)7-17(32)21(20(22)36)41-23-16(31)6-5-15(40-23)4-3-13(29)10-28/h12,14-24,29,35-38H,3-11,30-32H2,1-2H3,(H2,33,34)/t12-,14?,15-,16?,17+,18-,19?,20?,21?,22?,23-,24-,26?,27?/m1/s1. The average molecular weight is 605 g/mol. The van der Waals surface area contributed by atoms with E-state index in [4.69, 9.17) is 47.0 Å². The molecule has 242 valence electrons. The van der Waals surface area contributed by atoms with Gasteiger partial charge in [0.15, 0.2) is 12.6 Å². The molecule has 0 bridgehead atoms. The Morgan fingerprint density at radius 2 is 1.69 bits per heavy atom. The SMILES string of the molecule is C[C@@H]1C(O)[C@@H](OC2C(O)C(O[C@H]3O[C@H](CCC(=N)CF)CCC3N)[C@@H](N)C[C@H]2NC(=N)C2(O)CC(N)C2)OCC1(C)O. The number of aliphatic hydroxyl groups is 4. The molecule has 12 atom stereocenters. The molecule has 0 radical (unpaired) electrons. The molecule has 0 amide bonds. The van der Waals surface area contributed by atoms with Gasteiger partial charge in [-0.2, -0.15) is 0 Å². The van der Waals surface area contributed by atoms with Crippen LogP contribution in [-0.2, 0) is 18.9 Å².